The summed E-state index contributed by atoms with van der Waals surface area (Å²) in [4.78, 5) is 29.0. The number of benzene rings is 1. The van der Waals surface area contributed by atoms with E-state index >= 15 is 0 Å². The van der Waals surface area contributed by atoms with Gasteiger partial charge < -0.3 is 14.9 Å². The first-order chi connectivity index (χ1) is 13.9. The van der Waals surface area contributed by atoms with Crippen molar-refractivity contribution in [1.82, 2.24) is 9.80 Å². The van der Waals surface area contributed by atoms with Crippen molar-refractivity contribution < 1.29 is 14.7 Å². The zero-order chi connectivity index (χ0) is 21.4. The molecule has 1 aliphatic heterocycles. The van der Waals surface area contributed by atoms with Crippen molar-refractivity contribution in [3.63, 3.8) is 0 Å². The molecule has 29 heavy (non-hydrogen) atoms. The summed E-state index contributed by atoms with van der Waals surface area (Å²) < 4.78 is 0.928. The molecule has 2 rings (SSSR count). The molecule has 1 aromatic carbocycles. The second kappa shape index (κ2) is 11.5. The van der Waals surface area contributed by atoms with Crippen LogP contribution in [0, 0.1) is 0 Å². The van der Waals surface area contributed by atoms with Gasteiger partial charge in [-0.2, -0.15) is 0 Å². The molecule has 0 saturated heterocycles. The first-order valence-electron chi connectivity index (χ1n) is 10.6. The molecule has 0 aromatic heterocycles. The SMILES string of the molecule is CCCCN(CCCC)CCCN1C(=O)C(O)=C(C(C)=O)[C@@H]1c1ccc(Br)cc1. The molecule has 6 heteroatoms. The van der Waals surface area contributed by atoms with Gasteiger partial charge in [-0.05, 0) is 63.5 Å². The molecule has 0 saturated carbocycles. The average molecular weight is 465 g/mol. The van der Waals surface area contributed by atoms with E-state index in [2.05, 4.69) is 34.7 Å². The molecular formula is C23H33BrN2O3. The van der Waals surface area contributed by atoms with Crippen LogP contribution in [0.3, 0.4) is 0 Å². The quantitative estimate of drug-likeness (QED) is 0.471. The molecule has 5 nitrogen and oxygen atoms in total. The lowest BCUT2D eigenvalue weighted by atomic mass is 9.97. The molecule has 1 aliphatic rings. The van der Waals surface area contributed by atoms with E-state index in [0.717, 1.165) is 36.1 Å². The van der Waals surface area contributed by atoms with Crippen LogP contribution >= 0.6 is 15.9 Å². The highest BCUT2D eigenvalue weighted by molar-refractivity contribution is 9.10. The van der Waals surface area contributed by atoms with E-state index in [1.165, 1.54) is 32.6 Å². The molecule has 0 bridgehead atoms. The summed E-state index contributed by atoms with van der Waals surface area (Å²) in [5.41, 5.74) is 1.04. The van der Waals surface area contributed by atoms with Crippen LogP contribution in [0.25, 0.3) is 0 Å². The summed E-state index contributed by atoms with van der Waals surface area (Å²) in [6.07, 6.45) is 5.48. The molecule has 1 N–H and O–H groups in total. The number of carbonyl (C=O) groups is 2. The van der Waals surface area contributed by atoms with Gasteiger partial charge in [0, 0.05) is 11.0 Å². The van der Waals surface area contributed by atoms with Crippen molar-refractivity contribution in [1.29, 1.82) is 0 Å². The van der Waals surface area contributed by atoms with Gasteiger partial charge in [-0.25, -0.2) is 0 Å². The van der Waals surface area contributed by atoms with Gasteiger partial charge in [0.1, 0.15) is 0 Å². The maximum Gasteiger partial charge on any atom is 0.290 e. The Bertz CT molecular complexity index is 722. The van der Waals surface area contributed by atoms with E-state index in [0.29, 0.717) is 6.54 Å². The highest BCUT2D eigenvalue weighted by Crippen LogP contribution is 2.38. The predicted octanol–water partition coefficient (Wildman–Crippen LogP) is 5.03. The lowest BCUT2D eigenvalue weighted by Gasteiger charge is -2.28. The van der Waals surface area contributed by atoms with Crippen molar-refractivity contribution in [3.8, 4) is 0 Å². The van der Waals surface area contributed by atoms with Gasteiger partial charge in [0.25, 0.3) is 5.91 Å². The predicted molar refractivity (Wildman–Crippen MR) is 120 cm³/mol. The number of aliphatic hydroxyl groups excluding tert-OH is 1. The van der Waals surface area contributed by atoms with Crippen LogP contribution < -0.4 is 0 Å². The van der Waals surface area contributed by atoms with Crippen LogP contribution in [0.5, 0.6) is 0 Å². The maximum absolute atomic E-state index is 12.7. The highest BCUT2D eigenvalue weighted by Gasteiger charge is 2.41. The summed E-state index contributed by atoms with van der Waals surface area (Å²) >= 11 is 3.42. The van der Waals surface area contributed by atoms with Crippen LogP contribution in [0.4, 0.5) is 0 Å². The Kier molecular flexibility index (Phi) is 9.37. The molecule has 0 fully saturated rings. The van der Waals surface area contributed by atoms with Crippen LogP contribution in [-0.2, 0) is 9.59 Å². The number of hydrogen-bond donors (Lipinski definition) is 1. The minimum atomic E-state index is -0.521. The summed E-state index contributed by atoms with van der Waals surface area (Å²) in [7, 11) is 0. The molecule has 160 valence electrons. The zero-order valence-electron chi connectivity index (χ0n) is 17.8. The lowest BCUT2D eigenvalue weighted by Crippen LogP contribution is -2.35. The molecule has 1 amide bonds. The third-order valence-electron chi connectivity index (χ3n) is 5.40. The largest absolute Gasteiger partial charge is 0.503 e. The number of carbonyl (C=O) groups excluding carboxylic acids is 2. The maximum atomic E-state index is 12.7. The Morgan fingerprint density at radius 3 is 2.14 bits per heavy atom. The van der Waals surface area contributed by atoms with Gasteiger partial charge >= 0.3 is 0 Å². The molecule has 0 unspecified atom stereocenters. The van der Waals surface area contributed by atoms with E-state index < -0.39 is 17.7 Å². The van der Waals surface area contributed by atoms with E-state index in [1.54, 1.807) is 4.90 Å². The summed E-state index contributed by atoms with van der Waals surface area (Å²) in [6.45, 7) is 9.36. The number of amides is 1. The van der Waals surface area contributed by atoms with E-state index in [4.69, 9.17) is 0 Å². The second-order valence-electron chi connectivity index (χ2n) is 7.67. The molecule has 1 heterocycles. The summed E-state index contributed by atoms with van der Waals surface area (Å²) in [5.74, 6) is -1.12. The molecule has 1 aromatic rings. The number of nitrogens with zero attached hydrogens (tertiary/aromatic N) is 2. The summed E-state index contributed by atoms with van der Waals surface area (Å²) in [6, 6.07) is 7.05. The smallest absolute Gasteiger partial charge is 0.290 e. The second-order valence-corrected chi connectivity index (χ2v) is 8.59. The van der Waals surface area contributed by atoms with Gasteiger partial charge in [-0.1, -0.05) is 54.8 Å². The van der Waals surface area contributed by atoms with Crippen LogP contribution in [0.2, 0.25) is 0 Å². The van der Waals surface area contributed by atoms with Gasteiger partial charge in [0.15, 0.2) is 11.5 Å². The van der Waals surface area contributed by atoms with Crippen molar-refractivity contribution >= 4 is 27.6 Å². The Balaban J connectivity index is 2.13. The van der Waals surface area contributed by atoms with Gasteiger partial charge in [-0.15, -0.1) is 0 Å². The average Bonchev–Trinajstić information content (AvgIpc) is 2.95. The van der Waals surface area contributed by atoms with E-state index in [-0.39, 0.29) is 11.4 Å². The Morgan fingerprint density at radius 1 is 1.07 bits per heavy atom. The fourth-order valence-electron chi connectivity index (χ4n) is 3.80. The number of hydrogen-bond acceptors (Lipinski definition) is 4. The molecule has 0 spiro atoms. The molecule has 1 atom stereocenters. The minimum absolute atomic E-state index is 0.200. The standard InChI is InChI=1S/C23H33BrN2O3/c1-4-6-13-25(14-7-5-2)15-8-16-26-21(18-9-11-19(24)12-10-18)20(17(3)27)22(28)23(26)29/h9-12,21,28H,4-8,13-16H2,1-3H3/t21-/m0/s1. The highest BCUT2D eigenvalue weighted by atomic mass is 79.9. The topological polar surface area (TPSA) is 60.9 Å². The van der Waals surface area contributed by atoms with E-state index in [9.17, 15) is 14.7 Å². The minimum Gasteiger partial charge on any atom is -0.503 e. The van der Waals surface area contributed by atoms with Crippen molar-refractivity contribution in [2.45, 2.75) is 58.9 Å². The number of ketones is 1. The first-order valence-corrected chi connectivity index (χ1v) is 11.4. The van der Waals surface area contributed by atoms with Crippen LogP contribution in [0.1, 0.15) is 64.5 Å². The Hall–Kier alpha value is -1.66. The third kappa shape index (κ3) is 6.16. The van der Waals surface area contributed by atoms with Crippen molar-refractivity contribution in [2.75, 3.05) is 26.2 Å². The lowest BCUT2D eigenvalue weighted by molar-refractivity contribution is -0.129. The van der Waals surface area contributed by atoms with Crippen LogP contribution in [0.15, 0.2) is 40.1 Å². The Labute approximate surface area is 182 Å². The monoisotopic (exact) mass is 464 g/mol. The van der Waals surface area contributed by atoms with Crippen molar-refractivity contribution in [2.24, 2.45) is 0 Å². The number of aliphatic hydroxyl groups is 1. The number of unbranched alkanes of at least 4 members (excludes halogenated alkanes) is 2. The fourth-order valence-corrected chi connectivity index (χ4v) is 4.06. The molecule has 0 radical (unpaired) electrons. The van der Waals surface area contributed by atoms with Gasteiger partial charge in [0.2, 0.25) is 0 Å². The van der Waals surface area contributed by atoms with Crippen molar-refractivity contribution in [3.05, 3.63) is 45.6 Å². The fraction of sp³-hybridized carbons (Fsp3) is 0.565. The Morgan fingerprint density at radius 2 is 1.62 bits per heavy atom. The van der Waals surface area contributed by atoms with Gasteiger partial charge in [0.05, 0.1) is 11.6 Å². The number of halogens is 1. The molecular weight excluding hydrogens is 432 g/mol. The van der Waals surface area contributed by atoms with Crippen LogP contribution in [-0.4, -0.2) is 52.8 Å². The van der Waals surface area contributed by atoms with E-state index in [1.807, 2.05) is 24.3 Å². The third-order valence-corrected chi connectivity index (χ3v) is 5.93. The summed E-state index contributed by atoms with van der Waals surface area (Å²) in [5, 5.41) is 10.4. The van der Waals surface area contributed by atoms with Gasteiger partial charge in [-0.3, -0.25) is 9.59 Å². The normalized spacial score (nSPS) is 16.9. The first kappa shape index (κ1) is 23.6. The zero-order valence-corrected chi connectivity index (χ0v) is 19.4. The molecule has 0 aliphatic carbocycles. The number of Topliss-reactive ketones (excluding diaryl/α,β-unsaturated/α-hetero) is 1. The number of rotatable bonds is 12.